The van der Waals surface area contributed by atoms with Crippen molar-refractivity contribution < 1.29 is 0 Å². The first-order valence-electron chi connectivity index (χ1n) is 10.9. The van der Waals surface area contributed by atoms with E-state index in [0.717, 1.165) is 38.8 Å². The zero-order valence-corrected chi connectivity index (χ0v) is 18.6. The Balaban J connectivity index is 1.65. The van der Waals surface area contributed by atoms with Gasteiger partial charge in [0.1, 0.15) is 0 Å². The standard InChI is InChI=1S/C29H21N5/c1-34-19-32-18-28(34)29(33-24-13-9-20(16-30)10-14-24)22-11-12-23(17-31)27(15-22)26-8-4-6-21-5-2-3-7-25(21)26/h2-15,18-19,29,33H,1H3. The van der Waals surface area contributed by atoms with Crippen LogP contribution in [0.2, 0.25) is 0 Å². The lowest BCUT2D eigenvalue weighted by Gasteiger charge is -2.22. The van der Waals surface area contributed by atoms with Crippen LogP contribution >= 0.6 is 0 Å². The smallest absolute Gasteiger partial charge is 0.0998 e. The molecule has 1 N–H and O–H groups in total. The molecule has 0 aliphatic carbocycles. The predicted molar refractivity (Wildman–Crippen MR) is 134 cm³/mol. The van der Waals surface area contributed by atoms with Gasteiger partial charge < -0.3 is 9.88 Å². The summed E-state index contributed by atoms with van der Waals surface area (Å²) in [5.41, 5.74) is 6.04. The van der Waals surface area contributed by atoms with Gasteiger partial charge in [0, 0.05) is 18.3 Å². The normalized spacial score (nSPS) is 11.5. The highest BCUT2D eigenvalue weighted by Gasteiger charge is 2.20. The van der Waals surface area contributed by atoms with Gasteiger partial charge in [-0.3, -0.25) is 0 Å². The van der Waals surface area contributed by atoms with E-state index in [1.807, 2.05) is 60.3 Å². The molecule has 1 heterocycles. The quantitative estimate of drug-likeness (QED) is 0.354. The molecule has 0 radical (unpaired) electrons. The summed E-state index contributed by atoms with van der Waals surface area (Å²) in [6, 6.07) is 32.1. The molecule has 162 valence electrons. The van der Waals surface area contributed by atoms with Crippen LogP contribution in [0.5, 0.6) is 0 Å². The second-order valence-electron chi connectivity index (χ2n) is 8.14. The summed E-state index contributed by atoms with van der Waals surface area (Å²) in [6.45, 7) is 0. The number of nitrogens with one attached hydrogen (secondary N) is 1. The van der Waals surface area contributed by atoms with Crippen LogP contribution in [0, 0.1) is 22.7 Å². The number of rotatable bonds is 5. The maximum absolute atomic E-state index is 9.89. The molecule has 5 aromatic rings. The molecule has 34 heavy (non-hydrogen) atoms. The molecule has 0 amide bonds. The van der Waals surface area contributed by atoms with E-state index in [4.69, 9.17) is 5.26 Å². The lowest BCUT2D eigenvalue weighted by molar-refractivity contribution is 0.778. The molecule has 1 aromatic heterocycles. The molecule has 0 aliphatic heterocycles. The van der Waals surface area contributed by atoms with Crippen molar-refractivity contribution in [2.24, 2.45) is 7.05 Å². The van der Waals surface area contributed by atoms with Crippen molar-refractivity contribution in [1.82, 2.24) is 9.55 Å². The summed E-state index contributed by atoms with van der Waals surface area (Å²) in [5, 5.41) is 24.8. The fourth-order valence-corrected chi connectivity index (χ4v) is 4.30. The van der Waals surface area contributed by atoms with Gasteiger partial charge in [0.25, 0.3) is 0 Å². The number of benzene rings is 4. The highest BCUT2D eigenvalue weighted by Crippen LogP contribution is 2.35. The Hall–Kier alpha value is -4.87. The van der Waals surface area contributed by atoms with E-state index in [1.165, 1.54) is 0 Å². The van der Waals surface area contributed by atoms with Crippen LogP contribution in [0.4, 0.5) is 5.69 Å². The molecule has 0 saturated heterocycles. The molecule has 0 fully saturated rings. The highest BCUT2D eigenvalue weighted by atomic mass is 15.1. The first-order valence-corrected chi connectivity index (χ1v) is 10.9. The third-order valence-electron chi connectivity index (χ3n) is 6.05. The molecule has 5 rings (SSSR count). The molecule has 4 aromatic carbocycles. The van der Waals surface area contributed by atoms with E-state index in [1.54, 1.807) is 18.5 Å². The average Bonchev–Trinajstić information content (AvgIpc) is 3.32. The fourth-order valence-electron chi connectivity index (χ4n) is 4.30. The number of nitriles is 2. The Bertz CT molecular complexity index is 1560. The van der Waals surface area contributed by atoms with Gasteiger partial charge in [-0.2, -0.15) is 10.5 Å². The van der Waals surface area contributed by atoms with Crippen LogP contribution < -0.4 is 5.32 Å². The Kier molecular flexibility index (Phi) is 5.52. The maximum atomic E-state index is 9.89. The second kappa shape index (κ2) is 8.94. The zero-order valence-electron chi connectivity index (χ0n) is 18.6. The number of hydrogen-bond donors (Lipinski definition) is 1. The van der Waals surface area contributed by atoms with Crippen LogP contribution in [0.3, 0.4) is 0 Å². The Morgan fingerprint density at radius 3 is 2.38 bits per heavy atom. The van der Waals surface area contributed by atoms with Gasteiger partial charge >= 0.3 is 0 Å². The van der Waals surface area contributed by atoms with Gasteiger partial charge in [-0.1, -0.05) is 48.5 Å². The number of imidazole rings is 1. The minimum Gasteiger partial charge on any atom is -0.373 e. The minimum absolute atomic E-state index is 0.207. The summed E-state index contributed by atoms with van der Waals surface area (Å²) in [6.07, 6.45) is 3.62. The summed E-state index contributed by atoms with van der Waals surface area (Å²) in [7, 11) is 1.96. The fraction of sp³-hybridized carbons (Fsp3) is 0.0690. The lowest BCUT2D eigenvalue weighted by atomic mass is 9.91. The molecule has 0 saturated carbocycles. The Morgan fingerprint density at radius 2 is 1.65 bits per heavy atom. The maximum Gasteiger partial charge on any atom is 0.0998 e. The minimum atomic E-state index is -0.207. The molecule has 1 atom stereocenters. The Morgan fingerprint density at radius 1 is 0.853 bits per heavy atom. The van der Waals surface area contributed by atoms with Crippen LogP contribution in [-0.2, 0) is 7.05 Å². The van der Waals surface area contributed by atoms with Crippen molar-refractivity contribution in [2.75, 3.05) is 5.32 Å². The summed E-state index contributed by atoms with van der Waals surface area (Å²) >= 11 is 0. The van der Waals surface area contributed by atoms with Crippen molar-refractivity contribution in [3.63, 3.8) is 0 Å². The number of aryl methyl sites for hydroxylation is 1. The summed E-state index contributed by atoms with van der Waals surface area (Å²) in [4.78, 5) is 4.32. The van der Waals surface area contributed by atoms with E-state index < -0.39 is 0 Å². The number of fused-ring (bicyclic) bond motifs is 1. The molecule has 0 spiro atoms. The second-order valence-corrected chi connectivity index (χ2v) is 8.14. The molecule has 1 unspecified atom stereocenters. The summed E-state index contributed by atoms with van der Waals surface area (Å²) in [5.74, 6) is 0. The van der Waals surface area contributed by atoms with Gasteiger partial charge in [0.15, 0.2) is 0 Å². The van der Waals surface area contributed by atoms with Gasteiger partial charge in [0.05, 0.1) is 47.5 Å². The van der Waals surface area contributed by atoms with E-state index in [9.17, 15) is 5.26 Å². The SMILES string of the molecule is Cn1cncc1C(Nc1ccc(C#N)cc1)c1ccc(C#N)c(-c2cccc3ccccc23)c1. The van der Waals surface area contributed by atoms with Gasteiger partial charge in [-0.05, 0) is 58.3 Å². The zero-order chi connectivity index (χ0) is 23.5. The topological polar surface area (TPSA) is 77.4 Å². The van der Waals surface area contributed by atoms with Crippen LogP contribution in [0.15, 0.2) is 97.5 Å². The first kappa shape index (κ1) is 21.0. The van der Waals surface area contributed by atoms with Crippen LogP contribution in [0.25, 0.3) is 21.9 Å². The molecule has 0 bridgehead atoms. The lowest BCUT2D eigenvalue weighted by Crippen LogP contribution is -2.15. The number of aromatic nitrogens is 2. The van der Waals surface area contributed by atoms with Crippen molar-refractivity contribution in [3.05, 3.63) is 120 Å². The van der Waals surface area contributed by atoms with E-state index in [0.29, 0.717) is 11.1 Å². The molecule has 5 nitrogen and oxygen atoms in total. The van der Waals surface area contributed by atoms with Crippen molar-refractivity contribution >= 4 is 16.5 Å². The Labute approximate surface area is 198 Å². The first-order chi connectivity index (χ1) is 16.7. The third kappa shape index (κ3) is 3.88. The monoisotopic (exact) mass is 439 g/mol. The third-order valence-corrected chi connectivity index (χ3v) is 6.05. The molecule has 0 aliphatic rings. The number of nitrogens with zero attached hydrogens (tertiary/aromatic N) is 4. The van der Waals surface area contributed by atoms with Crippen molar-refractivity contribution in [1.29, 1.82) is 10.5 Å². The number of anilines is 1. The summed E-state index contributed by atoms with van der Waals surface area (Å²) < 4.78 is 1.98. The van der Waals surface area contributed by atoms with E-state index in [2.05, 4.69) is 52.8 Å². The van der Waals surface area contributed by atoms with Crippen LogP contribution in [-0.4, -0.2) is 9.55 Å². The largest absolute Gasteiger partial charge is 0.373 e. The van der Waals surface area contributed by atoms with Gasteiger partial charge in [0.2, 0.25) is 0 Å². The predicted octanol–water partition coefficient (Wildman–Crippen LogP) is 6.19. The highest BCUT2D eigenvalue weighted by molar-refractivity contribution is 5.97. The van der Waals surface area contributed by atoms with Gasteiger partial charge in [-0.15, -0.1) is 0 Å². The van der Waals surface area contributed by atoms with Crippen molar-refractivity contribution in [3.8, 4) is 23.3 Å². The van der Waals surface area contributed by atoms with E-state index >= 15 is 0 Å². The number of hydrogen-bond acceptors (Lipinski definition) is 4. The van der Waals surface area contributed by atoms with Crippen LogP contribution in [0.1, 0.15) is 28.4 Å². The van der Waals surface area contributed by atoms with Gasteiger partial charge in [-0.25, -0.2) is 4.98 Å². The molecule has 5 heteroatoms. The van der Waals surface area contributed by atoms with Crippen molar-refractivity contribution in [2.45, 2.75) is 6.04 Å². The van der Waals surface area contributed by atoms with E-state index in [-0.39, 0.29) is 6.04 Å². The molecular formula is C29H21N5. The molecular weight excluding hydrogens is 418 g/mol. The average molecular weight is 440 g/mol.